The first kappa shape index (κ1) is 32.5. The van der Waals surface area contributed by atoms with Crippen LogP contribution in [0.5, 0.6) is 0 Å². The van der Waals surface area contributed by atoms with Crippen molar-refractivity contribution < 1.29 is 47.3 Å². The Hall–Kier alpha value is -2.53. The van der Waals surface area contributed by atoms with Gasteiger partial charge in [-0.2, -0.15) is 0 Å². The fourth-order valence-corrected chi connectivity index (χ4v) is 5.96. The second-order valence-corrected chi connectivity index (χ2v) is 15.5. The minimum atomic E-state index is -2.73. The Morgan fingerprint density at radius 2 is 1.43 bits per heavy atom. The summed E-state index contributed by atoms with van der Waals surface area (Å²) in [4.78, 5) is 66.1. The summed E-state index contributed by atoms with van der Waals surface area (Å²) >= 11 is 0. The molecule has 5 atom stereocenters. The average molecular weight is 543 g/mol. The van der Waals surface area contributed by atoms with Crippen molar-refractivity contribution in [2.75, 3.05) is 28.4 Å². The van der Waals surface area contributed by atoms with E-state index in [1.165, 1.54) is 14.2 Å². The topological polar surface area (TPSA) is 132 Å². The van der Waals surface area contributed by atoms with E-state index in [1.807, 2.05) is 33.9 Å². The molecule has 0 heterocycles. The Kier molecular flexibility index (Phi) is 11.7. The van der Waals surface area contributed by atoms with E-state index in [9.17, 15) is 24.0 Å². The van der Waals surface area contributed by atoms with Crippen molar-refractivity contribution in [3.05, 3.63) is 12.7 Å². The number of carbonyl (C=O) groups is 5. The van der Waals surface area contributed by atoms with Crippen LogP contribution in [0, 0.1) is 29.6 Å². The molecule has 11 heteroatoms. The number of esters is 4. The molecule has 0 saturated heterocycles. The van der Waals surface area contributed by atoms with Crippen LogP contribution in [0.2, 0.25) is 18.1 Å². The van der Waals surface area contributed by atoms with Gasteiger partial charge in [-0.1, -0.05) is 26.8 Å². The van der Waals surface area contributed by atoms with Crippen LogP contribution in [-0.2, 0) is 47.3 Å². The van der Waals surface area contributed by atoms with Crippen molar-refractivity contribution in [2.24, 2.45) is 29.6 Å². The zero-order valence-corrected chi connectivity index (χ0v) is 24.5. The van der Waals surface area contributed by atoms with Gasteiger partial charge in [0.25, 0.3) is 0 Å². The quantitative estimate of drug-likeness (QED) is 0.101. The van der Waals surface area contributed by atoms with Gasteiger partial charge >= 0.3 is 23.9 Å². The third kappa shape index (κ3) is 7.28. The molecule has 1 saturated carbocycles. The van der Waals surface area contributed by atoms with Crippen LogP contribution >= 0.6 is 0 Å². The molecule has 37 heavy (non-hydrogen) atoms. The Morgan fingerprint density at radius 1 is 0.946 bits per heavy atom. The third-order valence-electron chi connectivity index (χ3n) is 7.65. The molecule has 210 valence electrons. The SMILES string of the molecule is C=CCC[C@H]1C(=O)C[C@@H](C(C(=O)OC)C(=O)OC)[C@H](O[Si](C)(C)C(C)(C)C)[C@H](C(=O)OC)[C@H]1C(=O)OC. The Morgan fingerprint density at radius 3 is 1.84 bits per heavy atom. The first-order valence-electron chi connectivity index (χ1n) is 12.3. The lowest BCUT2D eigenvalue weighted by Crippen LogP contribution is -2.54. The van der Waals surface area contributed by atoms with Gasteiger partial charge in [-0.05, 0) is 31.0 Å². The normalized spacial score (nSPS) is 24.6. The van der Waals surface area contributed by atoms with E-state index in [4.69, 9.17) is 23.4 Å². The minimum absolute atomic E-state index is 0.205. The molecule has 0 bridgehead atoms. The second kappa shape index (κ2) is 13.3. The van der Waals surface area contributed by atoms with Gasteiger partial charge in [0, 0.05) is 18.3 Å². The standard InChI is InChI=1S/C26H42O10Si/c1-11-12-13-15-17(27)14-16(19(23(29)33-6)24(30)34-7)21(36-37(9,10)26(2,3)4)20(25(31)35-8)18(15)22(28)32-5/h11,15-16,18-21H,1,12-14H2,2-10H3/t15-,16-,18-,20+,21-/m0/s1. The fraction of sp³-hybridized carbons (Fsp3) is 0.731. The molecule has 0 aromatic heterocycles. The number of ether oxygens (including phenoxy) is 4. The van der Waals surface area contributed by atoms with Crippen molar-refractivity contribution in [2.45, 2.75) is 64.3 Å². The number of hydrogen-bond acceptors (Lipinski definition) is 10. The summed E-state index contributed by atoms with van der Waals surface area (Å²) in [6.07, 6.45) is 0.645. The summed E-state index contributed by atoms with van der Waals surface area (Å²) in [5.74, 6) is -10.2. The number of methoxy groups -OCH3 is 4. The molecule has 1 fully saturated rings. The first-order valence-corrected chi connectivity index (χ1v) is 15.2. The zero-order valence-electron chi connectivity index (χ0n) is 23.5. The number of allylic oxidation sites excluding steroid dienone is 1. The highest BCUT2D eigenvalue weighted by atomic mass is 28.4. The molecule has 10 nitrogen and oxygen atoms in total. The van der Waals surface area contributed by atoms with Gasteiger partial charge in [0.2, 0.25) is 0 Å². The summed E-state index contributed by atoms with van der Waals surface area (Å²) < 4.78 is 26.7. The maximum absolute atomic E-state index is 13.7. The summed E-state index contributed by atoms with van der Waals surface area (Å²) in [5.41, 5.74) is 0. The Balaban J connectivity index is 4.05. The van der Waals surface area contributed by atoms with Crippen LogP contribution in [-0.4, -0.2) is 72.5 Å². The van der Waals surface area contributed by atoms with E-state index < -0.39 is 73.7 Å². The van der Waals surface area contributed by atoms with Crippen molar-refractivity contribution >= 4 is 38.0 Å². The molecule has 0 aliphatic heterocycles. The zero-order chi connectivity index (χ0) is 28.7. The summed E-state index contributed by atoms with van der Waals surface area (Å²) in [5, 5.41) is -0.358. The number of rotatable bonds is 10. The Labute approximate surface area is 220 Å². The molecule has 0 spiro atoms. The fourth-order valence-electron chi connectivity index (χ4n) is 4.61. The highest BCUT2D eigenvalue weighted by molar-refractivity contribution is 6.74. The molecular formula is C26H42O10Si. The van der Waals surface area contributed by atoms with E-state index in [-0.39, 0.29) is 17.9 Å². The largest absolute Gasteiger partial charge is 0.469 e. The predicted octanol–water partition coefficient (Wildman–Crippen LogP) is 3.09. The predicted molar refractivity (Wildman–Crippen MR) is 137 cm³/mol. The first-order chi connectivity index (χ1) is 17.1. The highest BCUT2D eigenvalue weighted by Gasteiger charge is 2.58. The van der Waals surface area contributed by atoms with Crippen LogP contribution in [0.3, 0.4) is 0 Å². The van der Waals surface area contributed by atoms with E-state index in [0.29, 0.717) is 6.42 Å². The van der Waals surface area contributed by atoms with Gasteiger partial charge < -0.3 is 23.4 Å². The molecule has 0 N–H and O–H groups in total. The number of hydrogen-bond donors (Lipinski definition) is 0. The van der Waals surface area contributed by atoms with Crippen LogP contribution in [0.1, 0.15) is 40.0 Å². The lowest BCUT2D eigenvalue weighted by atomic mass is 9.75. The van der Waals surface area contributed by atoms with Crippen LogP contribution < -0.4 is 0 Å². The van der Waals surface area contributed by atoms with Gasteiger partial charge in [-0.25, -0.2) is 0 Å². The molecule has 0 aromatic carbocycles. The molecule has 1 aliphatic carbocycles. The van der Waals surface area contributed by atoms with Crippen molar-refractivity contribution in [1.82, 2.24) is 0 Å². The van der Waals surface area contributed by atoms with Crippen molar-refractivity contribution in [1.29, 1.82) is 0 Å². The lowest BCUT2D eigenvalue weighted by molar-refractivity contribution is -0.171. The third-order valence-corrected chi connectivity index (χ3v) is 12.1. The van der Waals surface area contributed by atoms with Crippen LogP contribution in [0.15, 0.2) is 12.7 Å². The van der Waals surface area contributed by atoms with Gasteiger partial charge in [0.05, 0.1) is 46.4 Å². The van der Waals surface area contributed by atoms with Gasteiger partial charge in [0.15, 0.2) is 14.2 Å². The maximum Gasteiger partial charge on any atom is 0.320 e. The maximum atomic E-state index is 13.7. The molecule has 1 rings (SSSR count). The number of ketones is 1. The smallest absolute Gasteiger partial charge is 0.320 e. The van der Waals surface area contributed by atoms with Gasteiger partial charge in [-0.15, -0.1) is 6.58 Å². The lowest BCUT2D eigenvalue weighted by Gasteiger charge is -2.44. The highest BCUT2D eigenvalue weighted by Crippen LogP contribution is 2.46. The summed E-state index contributed by atoms with van der Waals surface area (Å²) in [6.45, 7) is 13.5. The molecular weight excluding hydrogens is 500 g/mol. The van der Waals surface area contributed by atoms with E-state index in [1.54, 1.807) is 6.08 Å². The molecule has 0 aromatic rings. The summed E-state index contributed by atoms with van der Waals surface area (Å²) in [6, 6.07) is 0. The van der Waals surface area contributed by atoms with Crippen molar-refractivity contribution in [3.8, 4) is 0 Å². The molecule has 1 aliphatic rings. The monoisotopic (exact) mass is 542 g/mol. The van der Waals surface area contributed by atoms with E-state index >= 15 is 0 Å². The molecule has 0 amide bonds. The van der Waals surface area contributed by atoms with Gasteiger partial charge in [-0.3, -0.25) is 24.0 Å². The number of carbonyl (C=O) groups excluding carboxylic acids is 5. The van der Waals surface area contributed by atoms with Gasteiger partial charge in [0.1, 0.15) is 5.78 Å². The molecule has 0 unspecified atom stereocenters. The molecule has 0 radical (unpaired) electrons. The van der Waals surface area contributed by atoms with Crippen LogP contribution in [0.25, 0.3) is 0 Å². The average Bonchev–Trinajstić information content (AvgIpc) is 2.95. The van der Waals surface area contributed by atoms with E-state index in [2.05, 4.69) is 6.58 Å². The summed E-state index contributed by atoms with van der Waals surface area (Å²) in [7, 11) is 1.83. The second-order valence-electron chi connectivity index (χ2n) is 10.8. The van der Waals surface area contributed by atoms with Crippen LogP contribution in [0.4, 0.5) is 0 Å². The Bertz CT molecular complexity index is 859. The minimum Gasteiger partial charge on any atom is -0.469 e. The number of Topliss-reactive ketones (excluding diaryl/α,β-unsaturated/α-hetero) is 1. The van der Waals surface area contributed by atoms with Crippen molar-refractivity contribution in [3.63, 3.8) is 0 Å². The van der Waals surface area contributed by atoms with E-state index in [0.717, 1.165) is 14.2 Å².